The first-order valence-corrected chi connectivity index (χ1v) is 19.5. The number of likely N-dealkylation sites (tertiary alicyclic amines) is 1. The average molecular weight is 769 g/mol. The number of nitrogens with zero attached hydrogens (tertiary/aromatic N) is 2. The summed E-state index contributed by atoms with van der Waals surface area (Å²) in [4.78, 5) is 85.3. The Morgan fingerprint density at radius 2 is 1.65 bits per heavy atom. The van der Waals surface area contributed by atoms with E-state index in [2.05, 4.69) is 33.9 Å². The second-order valence-electron chi connectivity index (χ2n) is 15.9. The average Bonchev–Trinajstić information content (AvgIpc) is 3.91. The molecular weight excluding hydrogens is 704 g/mol. The van der Waals surface area contributed by atoms with E-state index in [9.17, 15) is 33.6 Å². The molecule has 1 aromatic rings. The lowest BCUT2D eigenvalue weighted by Gasteiger charge is -2.35. The fourth-order valence-electron chi connectivity index (χ4n) is 6.43. The van der Waals surface area contributed by atoms with Crippen LogP contribution in [0, 0.1) is 17.3 Å². The number of Topliss-reactive ketones (excluding diaryl/α,β-unsaturated/α-hetero) is 2. The van der Waals surface area contributed by atoms with Crippen molar-refractivity contribution in [2.75, 3.05) is 19.6 Å². The molecule has 4 atom stereocenters. The topological polar surface area (TPSA) is 194 Å². The molecule has 1 saturated heterocycles. The van der Waals surface area contributed by atoms with Crippen LogP contribution in [0.4, 0.5) is 9.59 Å². The van der Waals surface area contributed by atoms with Gasteiger partial charge in [-0.15, -0.1) is 6.58 Å². The normalized spacial score (nSPS) is 17.7. The smallest absolute Gasteiger partial charge is 0.407 e. The van der Waals surface area contributed by atoms with Crippen LogP contribution in [0.3, 0.4) is 0 Å². The second-order valence-corrected chi connectivity index (χ2v) is 15.9. The van der Waals surface area contributed by atoms with Gasteiger partial charge in [0.1, 0.15) is 6.04 Å². The number of unbranched alkanes of at least 4 members (excludes halogenated alkanes) is 1. The van der Waals surface area contributed by atoms with Crippen LogP contribution in [0.15, 0.2) is 36.9 Å². The van der Waals surface area contributed by atoms with E-state index in [4.69, 9.17) is 5.11 Å². The zero-order valence-corrected chi connectivity index (χ0v) is 33.8. The lowest BCUT2D eigenvalue weighted by molar-refractivity contribution is -0.139. The van der Waals surface area contributed by atoms with E-state index < -0.39 is 47.4 Å². The molecule has 1 saturated carbocycles. The van der Waals surface area contributed by atoms with E-state index in [0.29, 0.717) is 25.9 Å². The van der Waals surface area contributed by atoms with Crippen molar-refractivity contribution in [3.8, 4) is 0 Å². The van der Waals surface area contributed by atoms with E-state index in [0.717, 1.165) is 57.1 Å². The molecule has 2 fully saturated rings. The Bertz CT molecular complexity index is 1490. The van der Waals surface area contributed by atoms with Crippen molar-refractivity contribution in [3.63, 3.8) is 0 Å². The molecule has 4 rings (SSSR count). The van der Waals surface area contributed by atoms with Crippen molar-refractivity contribution in [1.29, 1.82) is 0 Å². The Morgan fingerprint density at radius 3 is 2.16 bits per heavy atom. The number of nitrogens with one attached hydrogen (secondary N) is 4. The zero-order valence-electron chi connectivity index (χ0n) is 33.8. The summed E-state index contributed by atoms with van der Waals surface area (Å²) in [6.45, 7) is 19.3. The number of fused-ring (bicyclic) bond motifs is 1. The van der Waals surface area contributed by atoms with Crippen molar-refractivity contribution in [2.45, 2.75) is 131 Å². The number of rotatable bonds is 15. The van der Waals surface area contributed by atoms with Crippen LogP contribution in [0.1, 0.15) is 105 Å². The minimum Gasteiger partial charge on any atom is -0.465 e. The summed E-state index contributed by atoms with van der Waals surface area (Å²) in [5.74, 6) is -1.10. The van der Waals surface area contributed by atoms with Gasteiger partial charge in [0.25, 0.3) is 5.91 Å². The Hall–Kier alpha value is -4.75. The highest BCUT2D eigenvalue weighted by atomic mass is 16.4. The van der Waals surface area contributed by atoms with Gasteiger partial charge in [-0.2, -0.15) is 0 Å². The third-order valence-electron chi connectivity index (χ3n) is 9.93. The standard InChI is InChI=1S/C20H35N3O3.C11H18N2O3.C10H11NO2/c1-12(2)15(16(24)14-9-10-14)21-19(26)22-17(20(4,5)6)18(25)23-11-7-8-13(23)3;1-3-5-6-9(13-8-14)10(15)11(16)12-7-4-2;12-10(13)11-6-5-8-3-1-2-4-9(8)7-11/h12-15,17H,7-11H2,1-6H3,(H2,21,22,26);4,8-9H,2-3,5-7H2,1H3,(H,12,16)(H,13,14);1-4H,5-7H2,(H,12,13). The van der Waals surface area contributed by atoms with Crippen LogP contribution in [-0.4, -0.2) is 101 Å². The summed E-state index contributed by atoms with van der Waals surface area (Å²) >= 11 is 0. The zero-order chi connectivity index (χ0) is 41.3. The van der Waals surface area contributed by atoms with E-state index in [-0.39, 0.29) is 36.1 Å². The van der Waals surface area contributed by atoms with Gasteiger partial charge >= 0.3 is 12.1 Å². The molecule has 55 heavy (non-hydrogen) atoms. The number of carboxylic acid groups (broad SMARTS) is 1. The van der Waals surface area contributed by atoms with E-state index in [1.807, 2.05) is 71.6 Å². The molecule has 2 heterocycles. The molecule has 14 heteroatoms. The number of ketones is 2. The number of benzene rings is 1. The lowest BCUT2D eigenvalue weighted by atomic mass is 9.85. The Labute approximate surface area is 326 Å². The van der Waals surface area contributed by atoms with Crippen molar-refractivity contribution in [1.82, 2.24) is 31.1 Å². The van der Waals surface area contributed by atoms with Crippen LogP contribution in [0.5, 0.6) is 0 Å². The Balaban J connectivity index is 0.000000308. The predicted octanol–water partition coefficient (Wildman–Crippen LogP) is 4.60. The molecule has 1 aromatic carbocycles. The summed E-state index contributed by atoms with van der Waals surface area (Å²) < 4.78 is 0. The summed E-state index contributed by atoms with van der Waals surface area (Å²) in [5, 5.41) is 19.2. The second kappa shape index (κ2) is 22.6. The minimum absolute atomic E-state index is 0.0243. The van der Waals surface area contributed by atoms with Crippen LogP contribution in [0.25, 0.3) is 0 Å². The summed E-state index contributed by atoms with van der Waals surface area (Å²) in [6, 6.07) is 5.94. The van der Waals surface area contributed by atoms with Gasteiger partial charge in [-0.3, -0.25) is 24.0 Å². The van der Waals surface area contributed by atoms with Gasteiger partial charge in [-0.25, -0.2) is 9.59 Å². The van der Waals surface area contributed by atoms with Crippen LogP contribution >= 0.6 is 0 Å². The number of amides is 6. The highest BCUT2D eigenvalue weighted by Crippen LogP contribution is 2.32. The molecule has 0 radical (unpaired) electrons. The number of urea groups is 1. The molecule has 14 nitrogen and oxygen atoms in total. The maximum absolute atomic E-state index is 13.0. The maximum atomic E-state index is 13.0. The van der Waals surface area contributed by atoms with Crippen LogP contribution in [0.2, 0.25) is 0 Å². The summed E-state index contributed by atoms with van der Waals surface area (Å²) in [7, 11) is 0. The molecule has 0 spiro atoms. The number of carbonyl (C=O) groups excluding carboxylic acids is 6. The SMILES string of the molecule is C=CCNC(=O)C(=O)C(CCCC)NC=O.CC(C)C(NC(=O)NC(C(=O)N1CCCC1C)C(C)(C)C)C(=O)C1CC1.O=C(O)N1CCc2ccccc2C1. The van der Waals surface area contributed by atoms with Crippen molar-refractivity contribution in [2.24, 2.45) is 17.3 Å². The molecular formula is C41H64N6O8. The number of carbonyl (C=O) groups is 7. The Morgan fingerprint density at radius 1 is 1.00 bits per heavy atom. The predicted molar refractivity (Wildman–Crippen MR) is 211 cm³/mol. The van der Waals surface area contributed by atoms with E-state index in [1.54, 1.807) is 0 Å². The molecule has 306 valence electrons. The summed E-state index contributed by atoms with van der Waals surface area (Å²) in [6.07, 6.45) is 7.94. The van der Waals surface area contributed by atoms with Gasteiger partial charge in [0.2, 0.25) is 18.1 Å². The van der Waals surface area contributed by atoms with Gasteiger partial charge in [-0.05, 0) is 67.9 Å². The van der Waals surface area contributed by atoms with E-state index >= 15 is 0 Å². The van der Waals surface area contributed by atoms with Gasteiger partial charge in [-0.1, -0.05) is 84.7 Å². The molecule has 6 amide bonds. The van der Waals surface area contributed by atoms with Gasteiger partial charge in [0.15, 0.2) is 5.78 Å². The monoisotopic (exact) mass is 768 g/mol. The minimum atomic E-state index is -0.825. The van der Waals surface area contributed by atoms with Crippen LogP contribution < -0.4 is 21.3 Å². The molecule has 2 aliphatic heterocycles. The third-order valence-corrected chi connectivity index (χ3v) is 9.93. The fraction of sp³-hybridized carbons (Fsp3) is 0.634. The molecule has 3 aliphatic rings. The number of hydrogen-bond donors (Lipinski definition) is 5. The molecule has 4 unspecified atom stereocenters. The first kappa shape index (κ1) is 46.4. The van der Waals surface area contributed by atoms with Crippen molar-refractivity contribution in [3.05, 3.63) is 48.0 Å². The Kier molecular flexibility index (Phi) is 19.1. The molecule has 0 bridgehead atoms. The lowest BCUT2D eigenvalue weighted by Crippen LogP contribution is -2.59. The van der Waals surface area contributed by atoms with Gasteiger partial charge in [0.05, 0.1) is 12.1 Å². The molecule has 5 N–H and O–H groups in total. The van der Waals surface area contributed by atoms with Crippen molar-refractivity contribution < 1.29 is 38.7 Å². The van der Waals surface area contributed by atoms with Crippen molar-refractivity contribution >= 4 is 41.9 Å². The maximum Gasteiger partial charge on any atom is 0.407 e. The molecule has 0 aromatic heterocycles. The van der Waals surface area contributed by atoms with Gasteiger partial charge < -0.3 is 36.2 Å². The van der Waals surface area contributed by atoms with E-state index in [1.165, 1.54) is 16.5 Å². The van der Waals surface area contributed by atoms with Crippen LogP contribution in [-0.2, 0) is 36.9 Å². The largest absolute Gasteiger partial charge is 0.465 e. The first-order valence-electron chi connectivity index (χ1n) is 19.5. The summed E-state index contributed by atoms with van der Waals surface area (Å²) in [5.41, 5.74) is 2.00. The highest BCUT2D eigenvalue weighted by molar-refractivity contribution is 6.38. The number of hydrogen-bond acceptors (Lipinski definition) is 7. The first-order chi connectivity index (χ1) is 26.0. The van der Waals surface area contributed by atoms with Gasteiger partial charge in [0, 0.05) is 38.1 Å². The fourth-order valence-corrected chi connectivity index (χ4v) is 6.43. The molecule has 1 aliphatic carbocycles. The quantitative estimate of drug-likeness (QED) is 0.0971. The highest BCUT2D eigenvalue weighted by Gasteiger charge is 2.40. The third kappa shape index (κ3) is 15.1.